The van der Waals surface area contributed by atoms with Crippen molar-refractivity contribution in [2.75, 3.05) is 13.1 Å². The number of carboxylic acid groups (broad SMARTS) is 1. The Bertz CT molecular complexity index is 612. The van der Waals surface area contributed by atoms with Gasteiger partial charge in [-0.25, -0.2) is 0 Å². The first-order valence-electron chi connectivity index (χ1n) is 8.58. The highest BCUT2D eigenvalue weighted by atomic mass is 16.4. The first-order valence-corrected chi connectivity index (χ1v) is 8.58. The normalized spacial score (nSPS) is 27.3. The zero-order valence-corrected chi connectivity index (χ0v) is 13.8. The molecule has 1 aliphatic heterocycles. The van der Waals surface area contributed by atoms with E-state index < -0.39 is 11.4 Å². The molecule has 1 amide bonds. The summed E-state index contributed by atoms with van der Waals surface area (Å²) in [5.41, 5.74) is 1.88. The van der Waals surface area contributed by atoms with Crippen molar-refractivity contribution in [2.45, 2.75) is 51.4 Å². The second kappa shape index (κ2) is 6.34. The van der Waals surface area contributed by atoms with Crippen LogP contribution in [0.5, 0.6) is 0 Å². The number of fused-ring (bicyclic) bond motifs is 1. The predicted octanol–water partition coefficient (Wildman–Crippen LogP) is 3.21. The van der Waals surface area contributed by atoms with Gasteiger partial charge in [0.15, 0.2) is 0 Å². The molecule has 1 aliphatic carbocycles. The van der Waals surface area contributed by atoms with E-state index in [0.717, 1.165) is 25.7 Å². The lowest BCUT2D eigenvalue weighted by molar-refractivity contribution is -0.153. The largest absolute Gasteiger partial charge is 0.481 e. The Morgan fingerprint density at radius 3 is 2.87 bits per heavy atom. The molecule has 3 rings (SSSR count). The van der Waals surface area contributed by atoms with Crippen molar-refractivity contribution in [3.05, 3.63) is 35.4 Å². The van der Waals surface area contributed by atoms with E-state index in [0.29, 0.717) is 25.9 Å². The summed E-state index contributed by atoms with van der Waals surface area (Å²) in [6, 6.07) is 8.41. The van der Waals surface area contributed by atoms with Gasteiger partial charge in [0.2, 0.25) is 5.91 Å². The molecule has 0 spiro atoms. The molecule has 0 bridgehead atoms. The molecule has 2 unspecified atom stereocenters. The summed E-state index contributed by atoms with van der Waals surface area (Å²) >= 11 is 0. The fourth-order valence-electron chi connectivity index (χ4n) is 4.03. The monoisotopic (exact) mass is 315 g/mol. The summed E-state index contributed by atoms with van der Waals surface area (Å²) in [4.78, 5) is 26.0. The Hall–Kier alpha value is -1.84. The van der Waals surface area contributed by atoms with Crippen molar-refractivity contribution < 1.29 is 14.7 Å². The SMILES string of the molecule is CC1(C(=O)O)CCCN(C(=O)CC2CCCc3ccccc32)C1. The van der Waals surface area contributed by atoms with Gasteiger partial charge in [0.05, 0.1) is 5.41 Å². The van der Waals surface area contributed by atoms with Crippen LogP contribution in [-0.2, 0) is 16.0 Å². The van der Waals surface area contributed by atoms with E-state index in [9.17, 15) is 14.7 Å². The Kier molecular flexibility index (Phi) is 4.42. The third-order valence-electron chi connectivity index (χ3n) is 5.48. The summed E-state index contributed by atoms with van der Waals surface area (Å²) in [5, 5.41) is 9.41. The number of hydrogen-bond donors (Lipinski definition) is 1. The number of likely N-dealkylation sites (tertiary alicyclic amines) is 1. The highest BCUT2D eigenvalue weighted by Gasteiger charge is 2.39. The number of amides is 1. The van der Waals surface area contributed by atoms with Crippen molar-refractivity contribution >= 4 is 11.9 Å². The molecular weight excluding hydrogens is 290 g/mol. The molecule has 0 saturated carbocycles. The van der Waals surface area contributed by atoms with Gasteiger partial charge >= 0.3 is 5.97 Å². The van der Waals surface area contributed by atoms with Crippen molar-refractivity contribution in [3.8, 4) is 0 Å². The van der Waals surface area contributed by atoms with Gasteiger partial charge < -0.3 is 10.0 Å². The average Bonchev–Trinajstić information content (AvgIpc) is 2.55. The van der Waals surface area contributed by atoms with E-state index in [4.69, 9.17) is 0 Å². The lowest BCUT2D eigenvalue weighted by atomic mass is 9.79. The van der Waals surface area contributed by atoms with Crippen molar-refractivity contribution in [1.82, 2.24) is 4.90 Å². The molecule has 1 N–H and O–H groups in total. The number of carboxylic acids is 1. The highest BCUT2D eigenvalue weighted by Crippen LogP contribution is 2.35. The molecule has 1 fully saturated rings. The topological polar surface area (TPSA) is 57.6 Å². The quantitative estimate of drug-likeness (QED) is 0.932. The standard InChI is InChI=1S/C19H25NO3/c1-19(18(22)23)10-5-11-20(13-19)17(21)12-15-8-4-7-14-6-2-3-9-16(14)15/h2-3,6,9,15H,4-5,7-8,10-13H2,1H3,(H,22,23). The van der Waals surface area contributed by atoms with E-state index in [1.54, 1.807) is 11.8 Å². The number of piperidine rings is 1. The van der Waals surface area contributed by atoms with Crippen LogP contribution in [0.2, 0.25) is 0 Å². The molecular formula is C19H25NO3. The molecule has 1 aromatic carbocycles. The number of aryl methyl sites for hydroxylation is 1. The third-order valence-corrected chi connectivity index (χ3v) is 5.48. The van der Waals surface area contributed by atoms with Crippen LogP contribution in [0.25, 0.3) is 0 Å². The Morgan fingerprint density at radius 1 is 1.30 bits per heavy atom. The van der Waals surface area contributed by atoms with Crippen LogP contribution >= 0.6 is 0 Å². The number of carbonyl (C=O) groups is 2. The number of rotatable bonds is 3. The van der Waals surface area contributed by atoms with Crippen LogP contribution in [0.1, 0.15) is 56.1 Å². The number of aliphatic carboxylic acids is 1. The van der Waals surface area contributed by atoms with E-state index in [2.05, 4.69) is 18.2 Å². The molecule has 1 aromatic rings. The third kappa shape index (κ3) is 3.26. The summed E-state index contributed by atoms with van der Waals surface area (Å²) in [6.07, 6.45) is 5.21. The zero-order chi connectivity index (χ0) is 16.4. The summed E-state index contributed by atoms with van der Waals surface area (Å²) < 4.78 is 0. The van der Waals surface area contributed by atoms with Crippen LogP contribution < -0.4 is 0 Å². The van der Waals surface area contributed by atoms with Gasteiger partial charge in [-0.3, -0.25) is 9.59 Å². The molecule has 0 radical (unpaired) electrons. The molecule has 1 saturated heterocycles. The predicted molar refractivity (Wildman–Crippen MR) is 88.3 cm³/mol. The molecule has 1 heterocycles. The van der Waals surface area contributed by atoms with Gasteiger partial charge in [-0.1, -0.05) is 24.3 Å². The van der Waals surface area contributed by atoms with Gasteiger partial charge in [0, 0.05) is 19.5 Å². The van der Waals surface area contributed by atoms with Gasteiger partial charge in [0.1, 0.15) is 0 Å². The van der Waals surface area contributed by atoms with E-state index in [-0.39, 0.29) is 11.8 Å². The van der Waals surface area contributed by atoms with Crippen molar-refractivity contribution in [2.24, 2.45) is 5.41 Å². The smallest absolute Gasteiger partial charge is 0.311 e. The number of carbonyl (C=O) groups excluding carboxylic acids is 1. The van der Waals surface area contributed by atoms with Crippen LogP contribution in [0.3, 0.4) is 0 Å². The summed E-state index contributed by atoms with van der Waals surface area (Å²) in [5.74, 6) is -0.401. The second-order valence-corrected chi connectivity index (χ2v) is 7.28. The molecule has 4 heteroatoms. The lowest BCUT2D eigenvalue weighted by Gasteiger charge is -2.38. The molecule has 0 aromatic heterocycles. The first kappa shape index (κ1) is 16.0. The van der Waals surface area contributed by atoms with Gasteiger partial charge in [-0.2, -0.15) is 0 Å². The van der Waals surface area contributed by atoms with Gasteiger partial charge in [-0.15, -0.1) is 0 Å². The summed E-state index contributed by atoms with van der Waals surface area (Å²) in [7, 11) is 0. The first-order chi connectivity index (χ1) is 11.0. The van der Waals surface area contributed by atoms with Crippen molar-refractivity contribution in [1.29, 1.82) is 0 Å². The van der Waals surface area contributed by atoms with E-state index in [1.165, 1.54) is 11.1 Å². The molecule has 4 nitrogen and oxygen atoms in total. The van der Waals surface area contributed by atoms with Crippen LogP contribution in [0, 0.1) is 5.41 Å². The number of hydrogen-bond acceptors (Lipinski definition) is 2. The van der Waals surface area contributed by atoms with Crippen molar-refractivity contribution in [3.63, 3.8) is 0 Å². The number of nitrogens with zero attached hydrogens (tertiary/aromatic N) is 1. The van der Waals surface area contributed by atoms with Gasteiger partial charge in [-0.05, 0) is 56.1 Å². The minimum absolute atomic E-state index is 0.110. The maximum Gasteiger partial charge on any atom is 0.311 e. The maximum atomic E-state index is 12.7. The molecule has 2 aliphatic rings. The van der Waals surface area contributed by atoms with Crippen LogP contribution in [0.15, 0.2) is 24.3 Å². The zero-order valence-electron chi connectivity index (χ0n) is 13.8. The lowest BCUT2D eigenvalue weighted by Crippen LogP contribution is -2.48. The average molecular weight is 315 g/mol. The fraction of sp³-hybridized carbons (Fsp3) is 0.579. The Morgan fingerprint density at radius 2 is 2.09 bits per heavy atom. The summed E-state index contributed by atoms with van der Waals surface area (Å²) in [6.45, 7) is 2.79. The van der Waals surface area contributed by atoms with E-state index in [1.807, 2.05) is 6.07 Å². The molecule has 23 heavy (non-hydrogen) atoms. The van der Waals surface area contributed by atoms with E-state index >= 15 is 0 Å². The maximum absolute atomic E-state index is 12.7. The van der Waals surface area contributed by atoms with Crippen LogP contribution in [0.4, 0.5) is 0 Å². The second-order valence-electron chi connectivity index (χ2n) is 7.28. The minimum Gasteiger partial charge on any atom is -0.481 e. The molecule has 124 valence electrons. The fourth-order valence-corrected chi connectivity index (χ4v) is 4.03. The Labute approximate surface area is 137 Å². The Balaban J connectivity index is 1.69. The van der Waals surface area contributed by atoms with Crippen LogP contribution in [-0.4, -0.2) is 35.0 Å². The highest BCUT2D eigenvalue weighted by molar-refractivity contribution is 5.80. The van der Waals surface area contributed by atoms with Gasteiger partial charge in [0.25, 0.3) is 0 Å². The number of benzene rings is 1. The molecule has 2 atom stereocenters. The minimum atomic E-state index is -0.794.